The first-order valence-corrected chi connectivity index (χ1v) is 17.5. The normalized spacial score (nSPS) is 9.76. The standard InChI is InChI=1S/2C17H14N2O2.C12H4N4/c2*1-12-15(16(20)13-8-4-2-5-9-13)17(21)19(18-12)14-10-6-3-7-11-14;13-5-11(6-14)9-1-2-10(4-3-9)12(7-15)8-16/h2*2-11,18H,1H3;1-4H. The number of ketones is 2. The third kappa shape index (κ3) is 9.09. The van der Waals surface area contributed by atoms with Gasteiger partial charge in [-0.25, -0.2) is 9.36 Å². The molecule has 0 aliphatic carbocycles. The summed E-state index contributed by atoms with van der Waals surface area (Å²) >= 11 is 0. The van der Waals surface area contributed by atoms with Crippen LogP contribution in [0.5, 0.6) is 0 Å². The number of aromatic nitrogens is 4. The Labute approximate surface area is 331 Å². The maximum atomic E-state index is 12.5. The number of nitrogens with one attached hydrogen (secondary N) is 2. The molecule has 0 atom stereocenters. The lowest BCUT2D eigenvalue weighted by Crippen LogP contribution is -2.20. The minimum atomic E-state index is -0.326. The average Bonchev–Trinajstić information content (AvgIpc) is 3.75. The molecule has 58 heavy (non-hydrogen) atoms. The highest BCUT2D eigenvalue weighted by Gasteiger charge is 2.21. The number of aromatic amines is 2. The van der Waals surface area contributed by atoms with Crippen molar-refractivity contribution in [3.8, 4) is 35.7 Å². The molecule has 12 nitrogen and oxygen atoms in total. The highest BCUT2D eigenvalue weighted by molar-refractivity contribution is 6.10. The molecule has 5 aromatic carbocycles. The first kappa shape index (κ1) is 40.3. The van der Waals surface area contributed by atoms with Gasteiger partial charge in [-0.3, -0.25) is 29.4 Å². The Kier molecular flexibility index (Phi) is 13.2. The van der Waals surface area contributed by atoms with Crippen LogP contribution >= 0.6 is 0 Å². The van der Waals surface area contributed by atoms with Crippen molar-refractivity contribution < 1.29 is 9.59 Å². The van der Waals surface area contributed by atoms with E-state index in [1.165, 1.54) is 33.6 Å². The number of H-pyrrole nitrogens is 2. The largest absolute Gasteiger partial charge is 0.295 e. The van der Waals surface area contributed by atoms with Gasteiger partial charge in [0.1, 0.15) is 46.5 Å². The summed E-state index contributed by atoms with van der Waals surface area (Å²) in [4.78, 5) is 50.0. The van der Waals surface area contributed by atoms with Gasteiger partial charge in [-0.15, -0.1) is 0 Å². The molecule has 0 unspecified atom stereocenters. The number of nitrogens with zero attached hydrogens (tertiary/aromatic N) is 6. The van der Waals surface area contributed by atoms with Crippen molar-refractivity contribution in [1.82, 2.24) is 19.6 Å². The Morgan fingerprint density at radius 3 is 1.00 bits per heavy atom. The Bertz CT molecular complexity index is 2760. The third-order valence-corrected chi connectivity index (χ3v) is 8.61. The Hall–Kier alpha value is -8.84. The van der Waals surface area contributed by atoms with Gasteiger partial charge in [-0.05, 0) is 38.1 Å². The molecule has 2 aromatic heterocycles. The predicted molar refractivity (Wildman–Crippen MR) is 217 cm³/mol. The van der Waals surface area contributed by atoms with Crippen LogP contribution in [0.25, 0.3) is 22.5 Å². The van der Waals surface area contributed by atoms with E-state index in [4.69, 9.17) is 21.0 Å². The molecule has 0 bridgehead atoms. The molecule has 0 radical (unpaired) electrons. The zero-order valence-electron chi connectivity index (χ0n) is 31.2. The number of hydrogen-bond donors (Lipinski definition) is 2. The quantitative estimate of drug-likeness (QED) is 0.207. The molecule has 7 rings (SSSR count). The highest BCUT2D eigenvalue weighted by atomic mass is 16.2. The number of nitriles is 4. The van der Waals surface area contributed by atoms with Crippen molar-refractivity contribution in [2.24, 2.45) is 0 Å². The fraction of sp³-hybridized carbons (Fsp3) is 0.0435. The summed E-state index contributed by atoms with van der Waals surface area (Å²) in [5.41, 5.74) is 3.29. The van der Waals surface area contributed by atoms with Crippen molar-refractivity contribution in [3.63, 3.8) is 0 Å². The maximum absolute atomic E-state index is 12.5. The lowest BCUT2D eigenvalue weighted by atomic mass is 10.0. The lowest BCUT2D eigenvalue weighted by molar-refractivity contribution is 0.102. The van der Waals surface area contributed by atoms with Gasteiger partial charge in [-0.1, -0.05) is 121 Å². The van der Waals surface area contributed by atoms with Crippen LogP contribution in [0, 0.1) is 59.2 Å². The van der Waals surface area contributed by atoms with Gasteiger partial charge in [0.2, 0.25) is 0 Å². The van der Waals surface area contributed by atoms with Gasteiger partial charge in [0.15, 0.2) is 11.6 Å². The predicted octanol–water partition coefficient (Wildman–Crippen LogP) is 5.49. The van der Waals surface area contributed by atoms with Crippen LogP contribution < -0.4 is 21.6 Å². The number of benzene rings is 5. The Morgan fingerprint density at radius 1 is 0.448 bits per heavy atom. The molecule has 280 valence electrons. The summed E-state index contributed by atoms with van der Waals surface area (Å²) in [6.45, 7) is 3.47. The van der Waals surface area contributed by atoms with Crippen molar-refractivity contribution >= 4 is 22.7 Å². The monoisotopic (exact) mass is 760 g/mol. The first-order chi connectivity index (χ1) is 28.1. The summed E-state index contributed by atoms with van der Waals surface area (Å²) in [5.74, 6) is -0.520. The Morgan fingerprint density at radius 2 is 0.724 bits per heavy atom. The number of rotatable bonds is 6. The molecule has 2 heterocycles. The summed E-state index contributed by atoms with van der Waals surface area (Å²) in [7, 11) is 0. The molecule has 0 saturated heterocycles. The summed E-state index contributed by atoms with van der Waals surface area (Å²) in [6, 6.07) is 49.2. The number of carbonyl (C=O) groups excluding carboxylic acids is 2. The van der Waals surface area contributed by atoms with Crippen LogP contribution in [-0.4, -0.2) is 31.1 Å². The van der Waals surface area contributed by atoms with E-state index in [2.05, 4.69) is 10.2 Å². The summed E-state index contributed by atoms with van der Waals surface area (Å²) in [6.07, 6.45) is 0. The molecule has 12 heteroatoms. The van der Waals surface area contributed by atoms with Crippen LogP contribution in [0.4, 0.5) is 0 Å². The van der Waals surface area contributed by atoms with Crippen LogP contribution in [0.1, 0.15) is 43.2 Å². The zero-order chi connectivity index (χ0) is 41.6. The van der Waals surface area contributed by atoms with Gasteiger partial charge < -0.3 is 0 Å². The number of aryl methyl sites for hydroxylation is 2. The highest BCUT2D eigenvalue weighted by Crippen LogP contribution is 2.13. The first-order valence-electron chi connectivity index (χ1n) is 17.5. The molecule has 0 saturated carbocycles. The Balaban J connectivity index is 0.000000168. The average molecular weight is 761 g/mol. The number of hydrogen-bond acceptors (Lipinski definition) is 8. The van der Waals surface area contributed by atoms with E-state index in [0.29, 0.717) is 44.3 Å². The molecular formula is C46H32N8O4. The molecular weight excluding hydrogens is 729 g/mol. The molecule has 0 aliphatic heterocycles. The third-order valence-electron chi connectivity index (χ3n) is 8.61. The molecule has 0 amide bonds. The van der Waals surface area contributed by atoms with Gasteiger partial charge in [0.05, 0.1) is 11.4 Å². The second-order valence-corrected chi connectivity index (χ2v) is 12.3. The fourth-order valence-electron chi connectivity index (χ4n) is 5.73. The van der Waals surface area contributed by atoms with E-state index in [-0.39, 0.29) is 45.0 Å². The minimum absolute atomic E-state index is 0.00187. The molecule has 7 aromatic rings. The molecule has 0 fully saturated rings. The van der Waals surface area contributed by atoms with E-state index in [1.807, 2.05) is 72.8 Å². The van der Waals surface area contributed by atoms with Crippen LogP contribution in [0.2, 0.25) is 0 Å². The van der Waals surface area contributed by atoms with Gasteiger partial charge >= 0.3 is 0 Å². The SMILES string of the molecule is Cc1[nH]n(-c2ccccc2)c(=O)c1C(=O)c1ccccc1.Cc1[nH]n(-c2ccccc2)c(=O)c1C(=O)c1ccccc1.N#CC(C#N)=c1ccc(=C(C#N)C#N)cc1. The number of carbonyl (C=O) groups is 2. The minimum Gasteiger partial charge on any atom is -0.295 e. The van der Waals surface area contributed by atoms with E-state index < -0.39 is 0 Å². The van der Waals surface area contributed by atoms with E-state index in [1.54, 1.807) is 86.7 Å². The van der Waals surface area contributed by atoms with Crippen molar-refractivity contribution in [3.05, 3.63) is 210 Å². The van der Waals surface area contributed by atoms with Crippen molar-refractivity contribution in [1.29, 1.82) is 21.0 Å². The van der Waals surface area contributed by atoms with E-state index >= 15 is 0 Å². The molecule has 2 N–H and O–H groups in total. The van der Waals surface area contributed by atoms with Gasteiger partial charge in [0, 0.05) is 33.0 Å². The fourth-order valence-corrected chi connectivity index (χ4v) is 5.73. The summed E-state index contributed by atoms with van der Waals surface area (Å²) in [5, 5.41) is 41.4. The second-order valence-electron chi connectivity index (χ2n) is 12.3. The molecule has 0 aliphatic rings. The van der Waals surface area contributed by atoms with E-state index in [9.17, 15) is 19.2 Å². The van der Waals surface area contributed by atoms with E-state index in [0.717, 1.165) is 0 Å². The van der Waals surface area contributed by atoms with Gasteiger partial charge in [-0.2, -0.15) is 21.0 Å². The zero-order valence-corrected chi connectivity index (χ0v) is 31.2. The van der Waals surface area contributed by atoms with Crippen molar-refractivity contribution in [2.75, 3.05) is 0 Å². The smallest absolute Gasteiger partial charge is 0.282 e. The van der Waals surface area contributed by atoms with Crippen LogP contribution in [-0.2, 0) is 0 Å². The lowest BCUT2D eigenvalue weighted by Gasteiger charge is -1.99. The van der Waals surface area contributed by atoms with Crippen molar-refractivity contribution in [2.45, 2.75) is 13.8 Å². The summed E-state index contributed by atoms with van der Waals surface area (Å²) < 4.78 is 2.79. The van der Waals surface area contributed by atoms with Crippen LogP contribution in [0.15, 0.2) is 155 Å². The molecule has 0 spiro atoms. The number of para-hydroxylation sites is 2. The van der Waals surface area contributed by atoms with Crippen LogP contribution in [0.3, 0.4) is 0 Å². The maximum Gasteiger partial charge on any atom is 0.282 e. The topological polar surface area (TPSA) is 205 Å². The van der Waals surface area contributed by atoms with Gasteiger partial charge in [0.25, 0.3) is 11.1 Å². The second kappa shape index (κ2) is 19.0.